The Bertz CT molecular complexity index is 1410. The van der Waals surface area contributed by atoms with E-state index in [4.69, 9.17) is 9.15 Å². The molecule has 40 heavy (non-hydrogen) atoms. The Kier molecular flexibility index (Phi) is 8.80. The SMILES string of the molecule is CC(C)(C)OC(=O)Nc1ccc(S(=O)(=O)N2CCC[C@@H](Nn3ncc(SCc4ncc(C(C)(C)C)o4)n3)C2)cc1. The quantitative estimate of drug-likeness (QED) is 0.357. The normalized spacial score (nSPS) is 17.0. The topological polar surface area (TPSA) is 144 Å². The first kappa shape index (κ1) is 29.9. The lowest BCUT2D eigenvalue weighted by atomic mass is 9.94. The number of nitrogens with one attached hydrogen (secondary N) is 2. The molecule has 1 saturated heterocycles. The number of oxazole rings is 1. The molecule has 218 valence electrons. The molecule has 2 N–H and O–H groups in total. The van der Waals surface area contributed by atoms with Crippen molar-refractivity contribution in [2.45, 2.75) is 87.1 Å². The highest BCUT2D eigenvalue weighted by atomic mass is 32.2. The second kappa shape index (κ2) is 11.8. The molecule has 1 amide bonds. The van der Waals surface area contributed by atoms with Gasteiger partial charge in [0.2, 0.25) is 15.9 Å². The number of carbonyl (C=O) groups excluding carboxylic acids is 1. The first-order chi connectivity index (χ1) is 18.7. The van der Waals surface area contributed by atoms with Crippen LogP contribution in [0.1, 0.15) is 66.0 Å². The third-order valence-electron chi connectivity index (χ3n) is 5.93. The van der Waals surface area contributed by atoms with E-state index in [0.29, 0.717) is 35.3 Å². The number of hydrogen-bond donors (Lipinski definition) is 2. The molecule has 1 aromatic carbocycles. The number of sulfonamides is 1. The standard InChI is InChI=1S/C26H37N7O5S2/c1-25(2,3)21-14-27-22(37-21)17-39-23-15-28-33(31-23)30-19-8-7-13-32(16-19)40(35,36)20-11-9-18(10-12-20)29-24(34)38-26(4,5)6/h9-12,14-15,19,30H,7-8,13,16-17H2,1-6H3,(H,29,34)/t19-/m1/s1. The van der Waals surface area contributed by atoms with Crippen molar-refractivity contribution in [2.75, 3.05) is 23.8 Å². The monoisotopic (exact) mass is 591 g/mol. The molecule has 12 nitrogen and oxygen atoms in total. The molecule has 3 aromatic rings. The summed E-state index contributed by atoms with van der Waals surface area (Å²) in [6, 6.07) is 5.89. The van der Waals surface area contributed by atoms with E-state index in [1.807, 2.05) is 0 Å². The Labute approximate surface area is 239 Å². The number of nitrogens with zero attached hydrogens (tertiary/aromatic N) is 5. The minimum atomic E-state index is -3.73. The predicted molar refractivity (Wildman–Crippen MR) is 152 cm³/mol. The summed E-state index contributed by atoms with van der Waals surface area (Å²) >= 11 is 1.46. The van der Waals surface area contributed by atoms with E-state index < -0.39 is 21.7 Å². The summed E-state index contributed by atoms with van der Waals surface area (Å²) in [5.74, 6) is 1.98. The van der Waals surface area contributed by atoms with Gasteiger partial charge in [0.1, 0.15) is 16.4 Å². The summed E-state index contributed by atoms with van der Waals surface area (Å²) in [5, 5.41) is 12.0. The van der Waals surface area contributed by atoms with Crippen molar-refractivity contribution in [3.8, 4) is 0 Å². The zero-order chi connectivity index (χ0) is 29.1. The summed E-state index contributed by atoms with van der Waals surface area (Å²) in [6.45, 7) is 12.2. The van der Waals surface area contributed by atoms with E-state index >= 15 is 0 Å². The molecule has 1 aliphatic rings. The molecule has 2 aromatic heterocycles. The number of aromatic nitrogens is 4. The van der Waals surface area contributed by atoms with Crippen molar-refractivity contribution in [3.63, 3.8) is 0 Å². The molecule has 0 aliphatic carbocycles. The van der Waals surface area contributed by atoms with Crippen molar-refractivity contribution < 1.29 is 22.4 Å². The van der Waals surface area contributed by atoms with Gasteiger partial charge in [0.15, 0.2) is 0 Å². The highest BCUT2D eigenvalue weighted by Gasteiger charge is 2.31. The Balaban J connectivity index is 1.31. The Morgan fingerprint density at radius 2 is 1.88 bits per heavy atom. The Hall–Kier alpha value is -3.10. The van der Waals surface area contributed by atoms with Gasteiger partial charge in [-0.15, -0.1) is 10.2 Å². The van der Waals surface area contributed by atoms with Crippen molar-refractivity contribution in [2.24, 2.45) is 0 Å². The van der Waals surface area contributed by atoms with Crippen LogP contribution in [-0.2, 0) is 25.9 Å². The average Bonchev–Trinajstić information content (AvgIpc) is 3.52. The van der Waals surface area contributed by atoms with Crippen molar-refractivity contribution in [1.82, 2.24) is 24.4 Å². The van der Waals surface area contributed by atoms with Crippen LogP contribution in [0.25, 0.3) is 0 Å². The van der Waals surface area contributed by atoms with Crippen molar-refractivity contribution in [3.05, 3.63) is 48.3 Å². The molecular formula is C26H37N7O5S2. The fourth-order valence-electron chi connectivity index (χ4n) is 3.95. The minimum absolute atomic E-state index is 0.104. The summed E-state index contributed by atoms with van der Waals surface area (Å²) in [7, 11) is -3.73. The van der Waals surface area contributed by atoms with Crippen molar-refractivity contribution >= 4 is 33.6 Å². The van der Waals surface area contributed by atoms with E-state index in [1.54, 1.807) is 45.3 Å². The van der Waals surface area contributed by atoms with Gasteiger partial charge in [0, 0.05) is 24.2 Å². The van der Waals surface area contributed by atoms with E-state index in [9.17, 15) is 13.2 Å². The molecule has 1 aliphatic heterocycles. The van der Waals surface area contributed by atoms with Crippen LogP contribution in [-0.4, -0.2) is 63.6 Å². The maximum absolute atomic E-state index is 13.3. The van der Waals surface area contributed by atoms with Crippen molar-refractivity contribution in [1.29, 1.82) is 0 Å². The maximum Gasteiger partial charge on any atom is 0.412 e. The number of hydrogen-bond acceptors (Lipinski definition) is 10. The first-order valence-electron chi connectivity index (χ1n) is 13.1. The second-order valence-electron chi connectivity index (χ2n) is 11.6. The number of carbonyl (C=O) groups is 1. The number of ether oxygens (including phenoxy) is 1. The lowest BCUT2D eigenvalue weighted by Gasteiger charge is -2.32. The highest BCUT2D eigenvalue weighted by Crippen LogP contribution is 2.26. The summed E-state index contributed by atoms with van der Waals surface area (Å²) in [5.41, 5.74) is 2.91. The largest absolute Gasteiger partial charge is 0.444 e. The van der Waals surface area contributed by atoms with Gasteiger partial charge in [0.25, 0.3) is 0 Å². The first-order valence-corrected chi connectivity index (χ1v) is 15.5. The summed E-state index contributed by atoms with van der Waals surface area (Å²) in [4.78, 5) is 17.9. The Morgan fingerprint density at radius 3 is 2.52 bits per heavy atom. The molecule has 0 spiro atoms. The van der Waals surface area contributed by atoms with Crippen LogP contribution in [0, 0.1) is 0 Å². The third-order valence-corrected chi connectivity index (χ3v) is 8.68. The molecule has 1 fully saturated rings. The number of rotatable bonds is 8. The molecule has 0 bridgehead atoms. The zero-order valence-corrected chi connectivity index (χ0v) is 25.3. The molecule has 0 unspecified atom stereocenters. The average molecular weight is 592 g/mol. The second-order valence-corrected chi connectivity index (χ2v) is 14.5. The van der Waals surface area contributed by atoms with Gasteiger partial charge in [0.05, 0.1) is 29.1 Å². The molecule has 1 atom stereocenters. The third kappa shape index (κ3) is 7.98. The molecule has 14 heteroatoms. The van der Waals surface area contributed by atoms with Crippen LogP contribution in [0.4, 0.5) is 10.5 Å². The number of benzene rings is 1. The van der Waals surface area contributed by atoms with E-state index in [1.165, 1.54) is 33.1 Å². The highest BCUT2D eigenvalue weighted by molar-refractivity contribution is 7.98. The van der Waals surface area contributed by atoms with Crippen LogP contribution in [0.2, 0.25) is 0 Å². The zero-order valence-electron chi connectivity index (χ0n) is 23.7. The fraction of sp³-hybridized carbons (Fsp3) is 0.538. The number of piperidine rings is 1. The number of thioether (sulfide) groups is 1. The van der Waals surface area contributed by atoms with Gasteiger partial charge in [-0.2, -0.15) is 4.31 Å². The van der Waals surface area contributed by atoms with Crippen LogP contribution < -0.4 is 10.7 Å². The van der Waals surface area contributed by atoms with E-state index in [-0.39, 0.29) is 22.9 Å². The van der Waals surface area contributed by atoms with E-state index in [2.05, 4.69) is 46.7 Å². The fourth-order valence-corrected chi connectivity index (χ4v) is 6.13. The minimum Gasteiger partial charge on any atom is -0.444 e. The van der Waals surface area contributed by atoms with Crippen LogP contribution >= 0.6 is 11.8 Å². The van der Waals surface area contributed by atoms with Gasteiger partial charge in [-0.1, -0.05) is 37.4 Å². The van der Waals surface area contributed by atoms with Gasteiger partial charge >= 0.3 is 6.09 Å². The summed E-state index contributed by atoms with van der Waals surface area (Å²) in [6.07, 6.45) is 4.27. The molecule has 4 rings (SSSR count). The van der Waals surface area contributed by atoms with Gasteiger partial charge in [-0.05, 0) is 57.9 Å². The van der Waals surface area contributed by atoms with Crippen LogP contribution in [0.5, 0.6) is 0 Å². The van der Waals surface area contributed by atoms with Crippen LogP contribution in [0.3, 0.4) is 0 Å². The van der Waals surface area contributed by atoms with Crippen LogP contribution in [0.15, 0.2) is 51.0 Å². The van der Waals surface area contributed by atoms with Gasteiger partial charge < -0.3 is 9.15 Å². The maximum atomic E-state index is 13.3. The van der Waals surface area contributed by atoms with Gasteiger partial charge in [-0.25, -0.2) is 18.2 Å². The Morgan fingerprint density at radius 1 is 1.15 bits per heavy atom. The lowest BCUT2D eigenvalue weighted by molar-refractivity contribution is 0.0636. The number of amides is 1. The molecule has 0 saturated carbocycles. The molecule has 0 radical (unpaired) electrons. The lowest BCUT2D eigenvalue weighted by Crippen LogP contribution is -2.47. The number of anilines is 1. The molecular weight excluding hydrogens is 554 g/mol. The summed E-state index contributed by atoms with van der Waals surface area (Å²) < 4.78 is 39.2. The van der Waals surface area contributed by atoms with Gasteiger partial charge in [-0.3, -0.25) is 10.7 Å². The van der Waals surface area contributed by atoms with E-state index in [0.717, 1.165) is 12.2 Å². The smallest absolute Gasteiger partial charge is 0.412 e. The predicted octanol–water partition coefficient (Wildman–Crippen LogP) is 4.60. The molecule has 3 heterocycles.